The fourth-order valence-electron chi connectivity index (χ4n) is 1.68. The van der Waals surface area contributed by atoms with Gasteiger partial charge >= 0.3 is 0 Å². The molecule has 0 aliphatic rings. The highest BCUT2D eigenvalue weighted by Gasteiger charge is 2.13. The smallest absolute Gasteiger partial charge is 0.186 e. The lowest BCUT2D eigenvalue weighted by Crippen LogP contribution is -1.92. The van der Waals surface area contributed by atoms with E-state index in [1.165, 1.54) is 6.33 Å². The summed E-state index contributed by atoms with van der Waals surface area (Å²) in [6.07, 6.45) is 1.40. The first-order valence-corrected chi connectivity index (χ1v) is 5.85. The Hall–Kier alpha value is -1.99. The molecule has 0 unspecified atom stereocenters. The van der Waals surface area contributed by atoms with Crippen LogP contribution in [0.15, 0.2) is 18.5 Å². The molecule has 3 rings (SSSR count). The van der Waals surface area contributed by atoms with Crippen molar-refractivity contribution >= 4 is 28.2 Å². The van der Waals surface area contributed by atoms with E-state index in [4.69, 9.17) is 11.5 Å². The zero-order valence-corrected chi connectivity index (χ0v) is 9.66. The van der Waals surface area contributed by atoms with Crippen LogP contribution in [0.25, 0.3) is 21.6 Å². The van der Waals surface area contributed by atoms with Crippen LogP contribution in [-0.4, -0.2) is 20.2 Å². The van der Waals surface area contributed by atoms with Crippen molar-refractivity contribution in [1.29, 1.82) is 0 Å². The van der Waals surface area contributed by atoms with Gasteiger partial charge in [0.1, 0.15) is 12.1 Å². The van der Waals surface area contributed by atoms with Crippen molar-refractivity contribution in [2.24, 2.45) is 5.73 Å². The molecule has 0 bridgehead atoms. The first kappa shape index (κ1) is 10.2. The van der Waals surface area contributed by atoms with Gasteiger partial charge in [0, 0.05) is 11.4 Å². The minimum absolute atomic E-state index is 0.432. The number of aromatic amines is 1. The predicted molar refractivity (Wildman–Crippen MR) is 67.3 cm³/mol. The van der Waals surface area contributed by atoms with Gasteiger partial charge in [-0.25, -0.2) is 9.97 Å². The van der Waals surface area contributed by atoms with Gasteiger partial charge < -0.3 is 11.5 Å². The van der Waals surface area contributed by atoms with E-state index in [-0.39, 0.29) is 0 Å². The summed E-state index contributed by atoms with van der Waals surface area (Å²) in [5.74, 6) is 0.432. The second-order valence-electron chi connectivity index (χ2n) is 3.53. The average Bonchev–Trinajstić information content (AvgIpc) is 2.94. The molecule has 0 radical (unpaired) electrons. The molecule has 7 heteroatoms. The Morgan fingerprint density at radius 1 is 1.29 bits per heavy atom. The second-order valence-corrected chi connectivity index (χ2v) is 4.69. The number of H-pyrrole nitrogens is 1. The summed E-state index contributed by atoms with van der Waals surface area (Å²) in [5.41, 5.74) is 12.9. The third kappa shape index (κ3) is 1.56. The van der Waals surface area contributed by atoms with Crippen molar-refractivity contribution in [2.75, 3.05) is 5.73 Å². The third-order valence-electron chi connectivity index (χ3n) is 2.49. The molecule has 17 heavy (non-hydrogen) atoms. The van der Waals surface area contributed by atoms with Crippen LogP contribution in [0.1, 0.15) is 4.88 Å². The Morgan fingerprint density at radius 3 is 2.94 bits per heavy atom. The molecule has 0 saturated heterocycles. The molecule has 0 spiro atoms. The molecule has 86 valence electrons. The van der Waals surface area contributed by atoms with Crippen molar-refractivity contribution in [3.05, 3.63) is 23.3 Å². The zero-order valence-electron chi connectivity index (χ0n) is 8.84. The van der Waals surface area contributed by atoms with Gasteiger partial charge in [-0.05, 0) is 12.1 Å². The SMILES string of the molecule is NCc1ccc(-c2[nH]nc3ncnc(N)c23)s1. The summed E-state index contributed by atoms with van der Waals surface area (Å²) in [6.45, 7) is 0.530. The van der Waals surface area contributed by atoms with Gasteiger partial charge in [0.25, 0.3) is 0 Å². The summed E-state index contributed by atoms with van der Waals surface area (Å²) in [4.78, 5) is 10.2. The zero-order chi connectivity index (χ0) is 11.8. The van der Waals surface area contributed by atoms with E-state index >= 15 is 0 Å². The molecular formula is C10H10N6S. The number of nitrogen functional groups attached to an aromatic ring is 1. The van der Waals surface area contributed by atoms with Gasteiger partial charge in [0.05, 0.1) is 16.0 Å². The fourth-order valence-corrected chi connectivity index (χ4v) is 2.57. The van der Waals surface area contributed by atoms with E-state index in [2.05, 4.69) is 20.2 Å². The molecule has 5 N–H and O–H groups in total. The molecule has 0 aromatic carbocycles. The van der Waals surface area contributed by atoms with E-state index in [1.807, 2.05) is 12.1 Å². The Kier molecular flexibility index (Phi) is 2.27. The maximum absolute atomic E-state index is 5.85. The van der Waals surface area contributed by atoms with Gasteiger partial charge in [-0.1, -0.05) is 0 Å². The predicted octanol–water partition coefficient (Wildman–Crippen LogP) is 1.12. The molecule has 3 aromatic rings. The maximum atomic E-state index is 5.85. The molecule has 0 amide bonds. The topological polar surface area (TPSA) is 106 Å². The van der Waals surface area contributed by atoms with Crippen molar-refractivity contribution < 1.29 is 0 Å². The Bertz CT molecular complexity index is 670. The van der Waals surface area contributed by atoms with Crippen molar-refractivity contribution in [1.82, 2.24) is 20.2 Å². The van der Waals surface area contributed by atoms with Gasteiger partial charge in [0.15, 0.2) is 5.65 Å². The maximum Gasteiger partial charge on any atom is 0.186 e. The Balaban J connectivity index is 2.23. The highest BCUT2D eigenvalue weighted by Crippen LogP contribution is 2.32. The number of hydrogen-bond donors (Lipinski definition) is 3. The second kappa shape index (κ2) is 3.79. The van der Waals surface area contributed by atoms with Crippen molar-refractivity contribution in [3.63, 3.8) is 0 Å². The summed E-state index contributed by atoms with van der Waals surface area (Å²) in [5, 5.41) is 7.82. The van der Waals surface area contributed by atoms with Crippen LogP contribution < -0.4 is 11.5 Å². The van der Waals surface area contributed by atoms with Crippen LogP contribution in [0.3, 0.4) is 0 Å². The van der Waals surface area contributed by atoms with Crippen LogP contribution in [0.4, 0.5) is 5.82 Å². The number of nitrogens with one attached hydrogen (secondary N) is 1. The van der Waals surface area contributed by atoms with E-state index in [9.17, 15) is 0 Å². The lowest BCUT2D eigenvalue weighted by molar-refractivity contribution is 1.09. The molecule has 0 atom stereocenters. The number of anilines is 1. The molecular weight excluding hydrogens is 236 g/mol. The summed E-state index contributed by atoms with van der Waals surface area (Å²) < 4.78 is 0. The van der Waals surface area contributed by atoms with E-state index < -0.39 is 0 Å². The van der Waals surface area contributed by atoms with E-state index in [0.717, 1.165) is 20.8 Å². The minimum atomic E-state index is 0.432. The van der Waals surface area contributed by atoms with Crippen LogP contribution in [0.5, 0.6) is 0 Å². The number of nitrogens with two attached hydrogens (primary N) is 2. The van der Waals surface area contributed by atoms with Crippen LogP contribution in [0.2, 0.25) is 0 Å². The van der Waals surface area contributed by atoms with Crippen LogP contribution >= 0.6 is 11.3 Å². The number of nitrogens with zero attached hydrogens (tertiary/aromatic N) is 3. The summed E-state index contributed by atoms with van der Waals surface area (Å²) >= 11 is 1.61. The Labute approximate surface area is 101 Å². The molecule has 0 aliphatic carbocycles. The third-order valence-corrected chi connectivity index (χ3v) is 3.61. The summed E-state index contributed by atoms with van der Waals surface area (Å²) in [7, 11) is 0. The molecule has 0 saturated carbocycles. The van der Waals surface area contributed by atoms with E-state index in [0.29, 0.717) is 18.0 Å². The van der Waals surface area contributed by atoms with Crippen LogP contribution in [0, 0.1) is 0 Å². The first-order valence-electron chi connectivity index (χ1n) is 5.03. The summed E-state index contributed by atoms with van der Waals surface area (Å²) in [6, 6.07) is 3.99. The molecule has 6 nitrogen and oxygen atoms in total. The standard InChI is InChI=1S/C10H10N6S/c11-3-5-1-2-6(17-5)8-7-9(12)13-4-14-10(7)16-15-8/h1-2,4H,3,11H2,(H3,12,13,14,15,16). The minimum Gasteiger partial charge on any atom is -0.383 e. The fraction of sp³-hybridized carbons (Fsp3) is 0.100. The highest BCUT2D eigenvalue weighted by atomic mass is 32.1. The van der Waals surface area contributed by atoms with Crippen molar-refractivity contribution in [2.45, 2.75) is 6.54 Å². The normalized spacial score (nSPS) is 11.1. The first-order chi connectivity index (χ1) is 8.29. The molecule has 3 heterocycles. The monoisotopic (exact) mass is 246 g/mol. The van der Waals surface area contributed by atoms with Crippen LogP contribution in [-0.2, 0) is 6.54 Å². The van der Waals surface area contributed by atoms with E-state index in [1.54, 1.807) is 11.3 Å². The highest BCUT2D eigenvalue weighted by molar-refractivity contribution is 7.15. The largest absolute Gasteiger partial charge is 0.383 e. The quantitative estimate of drug-likeness (QED) is 0.628. The van der Waals surface area contributed by atoms with Crippen molar-refractivity contribution in [3.8, 4) is 10.6 Å². The number of thiophene rings is 1. The number of rotatable bonds is 2. The van der Waals surface area contributed by atoms with Gasteiger partial charge in [-0.3, -0.25) is 5.10 Å². The molecule has 3 aromatic heterocycles. The lowest BCUT2D eigenvalue weighted by atomic mass is 10.2. The van der Waals surface area contributed by atoms with Gasteiger partial charge in [-0.2, -0.15) is 5.10 Å². The number of fused-ring (bicyclic) bond motifs is 1. The lowest BCUT2D eigenvalue weighted by Gasteiger charge is -1.96. The average molecular weight is 246 g/mol. The van der Waals surface area contributed by atoms with Gasteiger partial charge in [-0.15, -0.1) is 11.3 Å². The molecule has 0 fully saturated rings. The molecule has 0 aliphatic heterocycles. The Morgan fingerprint density at radius 2 is 2.18 bits per heavy atom. The number of hydrogen-bond acceptors (Lipinski definition) is 6. The number of aromatic nitrogens is 4. The van der Waals surface area contributed by atoms with Gasteiger partial charge in [0.2, 0.25) is 0 Å².